The van der Waals surface area contributed by atoms with Crippen molar-refractivity contribution in [3.63, 3.8) is 0 Å². The number of anilines is 1. The minimum atomic E-state index is -0.837. The Hall–Kier alpha value is -1.49. The Morgan fingerprint density at radius 2 is 1.80 bits per heavy atom. The molecule has 2 aliphatic carbocycles. The number of benzene rings is 1. The molecule has 2 aliphatic rings. The summed E-state index contributed by atoms with van der Waals surface area (Å²) in [7, 11) is 0. The lowest BCUT2D eigenvalue weighted by Crippen LogP contribution is -2.37. The lowest BCUT2D eigenvalue weighted by Gasteiger charge is -2.27. The van der Waals surface area contributed by atoms with Crippen LogP contribution in [0.2, 0.25) is 0 Å². The van der Waals surface area contributed by atoms with E-state index in [0.29, 0.717) is 10.6 Å². The smallest absolute Gasteiger partial charge is 0.307 e. The molecule has 20 heavy (non-hydrogen) atoms. The maximum Gasteiger partial charge on any atom is 0.307 e. The number of para-hydroxylation sites is 1. The van der Waals surface area contributed by atoms with Gasteiger partial charge in [-0.3, -0.25) is 9.59 Å². The second kappa shape index (κ2) is 5.13. The van der Waals surface area contributed by atoms with Crippen LogP contribution >= 0.6 is 12.6 Å². The Morgan fingerprint density at radius 1 is 1.15 bits per heavy atom. The molecule has 0 aromatic heterocycles. The maximum atomic E-state index is 12.5. The number of aliphatic carboxylic acids is 1. The summed E-state index contributed by atoms with van der Waals surface area (Å²) in [6.45, 7) is 0. The average Bonchev–Trinajstić information content (AvgIpc) is 3.01. The normalized spacial score (nSPS) is 31.2. The molecule has 106 valence electrons. The summed E-state index contributed by atoms with van der Waals surface area (Å²) < 4.78 is 0. The molecular weight excluding hydrogens is 274 g/mol. The highest BCUT2D eigenvalue weighted by atomic mass is 32.1. The molecule has 2 saturated carbocycles. The van der Waals surface area contributed by atoms with Crippen LogP contribution in [0.1, 0.15) is 19.3 Å². The van der Waals surface area contributed by atoms with Gasteiger partial charge in [-0.05, 0) is 43.2 Å². The van der Waals surface area contributed by atoms with Gasteiger partial charge in [-0.25, -0.2) is 0 Å². The van der Waals surface area contributed by atoms with Crippen LogP contribution in [0.4, 0.5) is 5.69 Å². The molecule has 2 N–H and O–H groups in total. The van der Waals surface area contributed by atoms with Crippen molar-refractivity contribution >= 4 is 30.2 Å². The number of fused-ring (bicyclic) bond motifs is 2. The highest BCUT2D eigenvalue weighted by molar-refractivity contribution is 7.80. The van der Waals surface area contributed by atoms with Crippen LogP contribution < -0.4 is 5.32 Å². The molecule has 0 heterocycles. The van der Waals surface area contributed by atoms with Gasteiger partial charge in [0.25, 0.3) is 0 Å². The first-order valence-electron chi connectivity index (χ1n) is 6.89. The van der Waals surface area contributed by atoms with Gasteiger partial charge < -0.3 is 10.4 Å². The van der Waals surface area contributed by atoms with E-state index in [9.17, 15) is 14.7 Å². The number of nitrogens with one attached hydrogen (secondary N) is 1. The third-order valence-corrected chi connectivity index (χ3v) is 5.06. The predicted octanol–water partition coefficient (Wildman–Crippen LogP) is 2.66. The number of rotatable bonds is 3. The molecule has 1 amide bonds. The minimum Gasteiger partial charge on any atom is -0.481 e. The number of hydrogen-bond acceptors (Lipinski definition) is 3. The highest BCUT2D eigenvalue weighted by Crippen LogP contribution is 2.52. The highest BCUT2D eigenvalue weighted by Gasteiger charge is 2.53. The number of carboxylic acid groups (broad SMARTS) is 1. The zero-order valence-corrected chi connectivity index (χ0v) is 11.8. The van der Waals surface area contributed by atoms with E-state index in [1.54, 1.807) is 12.1 Å². The van der Waals surface area contributed by atoms with Crippen LogP contribution in [-0.2, 0) is 9.59 Å². The Kier molecular flexibility index (Phi) is 3.46. The van der Waals surface area contributed by atoms with Crippen molar-refractivity contribution in [2.45, 2.75) is 24.2 Å². The zero-order chi connectivity index (χ0) is 14.3. The second-order valence-electron chi connectivity index (χ2n) is 5.73. The van der Waals surface area contributed by atoms with Crippen molar-refractivity contribution < 1.29 is 14.7 Å². The fraction of sp³-hybridized carbons (Fsp3) is 0.467. The number of thiol groups is 1. The number of hydrogen-bond donors (Lipinski definition) is 3. The largest absolute Gasteiger partial charge is 0.481 e. The molecule has 1 aromatic rings. The summed E-state index contributed by atoms with van der Waals surface area (Å²) in [6.07, 6.45) is 2.78. The molecule has 4 nitrogen and oxygen atoms in total. The van der Waals surface area contributed by atoms with Crippen LogP contribution in [-0.4, -0.2) is 17.0 Å². The Balaban J connectivity index is 1.80. The fourth-order valence-corrected chi connectivity index (χ4v) is 4.04. The third-order valence-electron chi connectivity index (χ3n) is 4.67. The van der Waals surface area contributed by atoms with Crippen LogP contribution in [0.5, 0.6) is 0 Å². The summed E-state index contributed by atoms with van der Waals surface area (Å²) in [6, 6.07) is 7.25. The quantitative estimate of drug-likeness (QED) is 0.750. The monoisotopic (exact) mass is 291 g/mol. The van der Waals surface area contributed by atoms with Crippen LogP contribution in [0.25, 0.3) is 0 Å². The molecule has 0 saturated heterocycles. The van der Waals surface area contributed by atoms with E-state index < -0.39 is 17.8 Å². The Labute approximate surface area is 123 Å². The van der Waals surface area contributed by atoms with E-state index >= 15 is 0 Å². The molecule has 0 aliphatic heterocycles. The Morgan fingerprint density at radius 3 is 2.45 bits per heavy atom. The van der Waals surface area contributed by atoms with E-state index in [0.717, 1.165) is 19.3 Å². The van der Waals surface area contributed by atoms with Gasteiger partial charge in [0.1, 0.15) is 0 Å². The molecule has 0 spiro atoms. The summed E-state index contributed by atoms with van der Waals surface area (Å²) in [4.78, 5) is 24.6. The van der Waals surface area contributed by atoms with E-state index in [-0.39, 0.29) is 17.7 Å². The number of amides is 1. The van der Waals surface area contributed by atoms with Gasteiger partial charge in [-0.1, -0.05) is 12.1 Å². The predicted molar refractivity (Wildman–Crippen MR) is 77.8 cm³/mol. The second-order valence-corrected chi connectivity index (χ2v) is 6.21. The molecule has 3 rings (SSSR count). The SMILES string of the molecule is O=C(O)[C@H]1[C@@H]2CC[C@H](C2)[C@@H]1C(=O)Nc1ccccc1S. The first-order chi connectivity index (χ1) is 9.58. The topological polar surface area (TPSA) is 66.4 Å². The standard InChI is InChI=1S/C15H17NO3S/c17-14(16-10-3-1-2-4-11(10)20)12-8-5-6-9(7-8)13(12)15(18)19/h1-4,8-9,12-13,20H,5-7H2,(H,16,17)(H,18,19)/t8-,9-,12+,13+/m1/s1. The van der Waals surface area contributed by atoms with Gasteiger partial charge in [0.15, 0.2) is 0 Å². The van der Waals surface area contributed by atoms with Gasteiger partial charge in [-0.2, -0.15) is 0 Å². The molecule has 4 atom stereocenters. The number of carbonyl (C=O) groups excluding carboxylic acids is 1. The van der Waals surface area contributed by atoms with E-state index in [2.05, 4.69) is 17.9 Å². The van der Waals surface area contributed by atoms with Gasteiger partial charge in [0, 0.05) is 4.90 Å². The van der Waals surface area contributed by atoms with Gasteiger partial charge >= 0.3 is 5.97 Å². The molecular formula is C15H17NO3S. The van der Waals surface area contributed by atoms with Crippen molar-refractivity contribution in [3.8, 4) is 0 Å². The number of carbonyl (C=O) groups is 2. The van der Waals surface area contributed by atoms with Crippen molar-refractivity contribution in [2.75, 3.05) is 5.32 Å². The summed E-state index contributed by atoms with van der Waals surface area (Å²) >= 11 is 4.30. The van der Waals surface area contributed by atoms with E-state index in [1.165, 1.54) is 0 Å². The van der Waals surface area contributed by atoms with Gasteiger partial charge in [-0.15, -0.1) is 12.6 Å². The van der Waals surface area contributed by atoms with Crippen LogP contribution in [0.15, 0.2) is 29.2 Å². The van der Waals surface area contributed by atoms with Gasteiger partial charge in [0.05, 0.1) is 17.5 Å². The molecule has 0 unspecified atom stereocenters. The van der Waals surface area contributed by atoms with Crippen LogP contribution in [0, 0.1) is 23.7 Å². The molecule has 2 fully saturated rings. The molecule has 5 heteroatoms. The van der Waals surface area contributed by atoms with E-state index in [4.69, 9.17) is 0 Å². The molecule has 0 radical (unpaired) electrons. The van der Waals surface area contributed by atoms with E-state index in [1.807, 2.05) is 12.1 Å². The van der Waals surface area contributed by atoms with Crippen molar-refractivity contribution in [3.05, 3.63) is 24.3 Å². The average molecular weight is 291 g/mol. The first kappa shape index (κ1) is 13.5. The third kappa shape index (κ3) is 2.20. The lowest BCUT2D eigenvalue weighted by molar-refractivity contribution is -0.148. The lowest BCUT2D eigenvalue weighted by atomic mass is 9.78. The zero-order valence-electron chi connectivity index (χ0n) is 11.0. The maximum absolute atomic E-state index is 12.5. The summed E-state index contributed by atoms with van der Waals surface area (Å²) in [5, 5.41) is 12.2. The fourth-order valence-electron chi connectivity index (χ4n) is 3.82. The Bertz CT molecular complexity index is 560. The van der Waals surface area contributed by atoms with Crippen molar-refractivity contribution in [1.82, 2.24) is 0 Å². The minimum absolute atomic E-state index is 0.166. The molecule has 2 bridgehead atoms. The first-order valence-corrected chi connectivity index (χ1v) is 7.34. The van der Waals surface area contributed by atoms with Crippen molar-refractivity contribution in [1.29, 1.82) is 0 Å². The van der Waals surface area contributed by atoms with Gasteiger partial charge in [0.2, 0.25) is 5.91 Å². The van der Waals surface area contributed by atoms with Crippen molar-refractivity contribution in [2.24, 2.45) is 23.7 Å². The molecule has 1 aromatic carbocycles. The number of carboxylic acids is 1. The van der Waals surface area contributed by atoms with Crippen LogP contribution in [0.3, 0.4) is 0 Å². The summed E-state index contributed by atoms with van der Waals surface area (Å²) in [5.74, 6) is -1.56. The summed E-state index contributed by atoms with van der Waals surface area (Å²) in [5.41, 5.74) is 0.646.